The molecule has 0 saturated carbocycles. The quantitative estimate of drug-likeness (QED) is 0.276. The van der Waals surface area contributed by atoms with Crippen molar-refractivity contribution in [1.82, 2.24) is 0 Å². The van der Waals surface area contributed by atoms with Crippen LogP contribution in [0.15, 0.2) is 0 Å². The average Bonchev–Trinajstić information content (AvgIpc) is 1.65. The zero-order chi connectivity index (χ0) is 4.99. The number of aliphatic hydroxyl groups excluding tert-OH is 1. The van der Waals surface area contributed by atoms with E-state index in [2.05, 4.69) is 10.7 Å². The summed E-state index contributed by atoms with van der Waals surface area (Å²) in [6.07, 6.45) is -0.731. The fourth-order valence-electron chi connectivity index (χ4n) is 0.0430. The fourth-order valence-corrected chi connectivity index (χ4v) is 0.0430. The minimum Gasteiger partial charge on any atom is -0.392 e. The lowest BCUT2D eigenvalue weighted by Crippen LogP contribution is -2.30. The third kappa shape index (κ3) is 2.10. The summed E-state index contributed by atoms with van der Waals surface area (Å²) in [4.78, 5) is 3.93. The molecule has 0 aliphatic heterocycles. The topological polar surface area (TPSA) is 81.5 Å². The maximum absolute atomic E-state index is 8.00. The molecule has 4 heteroatoms. The zero-order valence-electron chi connectivity index (χ0n) is 3.29. The number of aliphatic hydroxyl groups is 1. The molecule has 0 radical (unpaired) electrons. The van der Waals surface area contributed by atoms with Crippen molar-refractivity contribution in [1.29, 1.82) is 0 Å². The van der Waals surface area contributed by atoms with E-state index in [1.807, 2.05) is 0 Å². The van der Waals surface area contributed by atoms with Gasteiger partial charge in [0.15, 0.2) is 0 Å². The highest BCUT2D eigenvalue weighted by Gasteiger charge is 1.91. The van der Waals surface area contributed by atoms with Gasteiger partial charge in [0.25, 0.3) is 0 Å². The second kappa shape index (κ2) is 3.05. The predicted molar refractivity (Wildman–Crippen MR) is 20.3 cm³/mol. The Balaban J connectivity index is 2.75. The van der Waals surface area contributed by atoms with Gasteiger partial charge in [-0.1, -0.05) is 0 Å². The smallest absolute Gasteiger partial charge is 0.150 e. The molecule has 0 amide bonds. The molecule has 0 saturated heterocycles. The van der Waals surface area contributed by atoms with E-state index < -0.39 is 6.23 Å². The van der Waals surface area contributed by atoms with Crippen molar-refractivity contribution in [2.24, 2.45) is 11.6 Å². The van der Waals surface area contributed by atoms with Crippen LogP contribution in [0.5, 0.6) is 0 Å². The molecule has 0 aliphatic carbocycles. The third-order valence-electron chi connectivity index (χ3n) is 0.355. The summed E-state index contributed by atoms with van der Waals surface area (Å²) in [6.45, 7) is -0.240. The van der Waals surface area contributed by atoms with Crippen LogP contribution >= 0.6 is 0 Å². The molecule has 0 fully saturated rings. The molecule has 1 atom stereocenters. The van der Waals surface area contributed by atoms with E-state index in [1.165, 1.54) is 0 Å². The molecule has 0 aromatic carbocycles. The third-order valence-corrected chi connectivity index (χ3v) is 0.355. The van der Waals surface area contributed by atoms with Crippen LogP contribution in [-0.2, 0) is 4.84 Å². The van der Waals surface area contributed by atoms with Crippen LogP contribution in [0.3, 0.4) is 0 Å². The summed E-state index contributed by atoms with van der Waals surface area (Å²) in [5, 5.41) is 8.00. The van der Waals surface area contributed by atoms with Crippen molar-refractivity contribution in [3.8, 4) is 0 Å². The molecule has 0 rings (SSSR count). The van der Waals surface area contributed by atoms with Crippen molar-refractivity contribution < 1.29 is 9.94 Å². The molecule has 1 unspecified atom stereocenters. The molecule has 5 N–H and O–H groups in total. The second-order valence-corrected chi connectivity index (χ2v) is 0.857. The number of hydrogen-bond acceptors (Lipinski definition) is 4. The first-order valence-corrected chi connectivity index (χ1v) is 1.53. The Kier molecular flexibility index (Phi) is 2.97. The van der Waals surface area contributed by atoms with Crippen molar-refractivity contribution in [3.63, 3.8) is 0 Å². The van der Waals surface area contributed by atoms with Crippen LogP contribution in [0, 0.1) is 0 Å². The van der Waals surface area contributed by atoms with Crippen molar-refractivity contribution >= 4 is 0 Å². The number of hydrogen-bond donors (Lipinski definition) is 3. The van der Waals surface area contributed by atoms with Crippen molar-refractivity contribution in [2.75, 3.05) is 6.61 Å². The minimum absolute atomic E-state index is 0.240. The summed E-state index contributed by atoms with van der Waals surface area (Å²) in [6, 6.07) is 0. The molecule has 0 aliphatic rings. The fraction of sp³-hybridized carbons (Fsp3) is 1.00. The molecule has 0 spiro atoms. The van der Waals surface area contributed by atoms with Gasteiger partial charge in [-0.3, -0.25) is 4.84 Å². The predicted octanol–water partition coefficient (Wildman–Crippen LogP) is -1.85. The Morgan fingerprint density at radius 2 is 2.33 bits per heavy atom. The standard InChI is InChI=1S/C2H8N2O2/c3-2(1-5)6-4/h2,5H,1,3-4H2. The monoisotopic (exact) mass is 92.1 g/mol. The minimum atomic E-state index is -0.731. The van der Waals surface area contributed by atoms with Gasteiger partial charge in [-0.15, -0.1) is 0 Å². The largest absolute Gasteiger partial charge is 0.392 e. The highest BCUT2D eigenvalue weighted by Crippen LogP contribution is 1.66. The van der Waals surface area contributed by atoms with E-state index in [0.29, 0.717) is 0 Å². The summed E-state index contributed by atoms with van der Waals surface area (Å²) >= 11 is 0. The number of nitrogens with two attached hydrogens (primary N) is 2. The normalized spacial score (nSPS) is 14.5. The van der Waals surface area contributed by atoms with E-state index >= 15 is 0 Å². The summed E-state index contributed by atoms with van der Waals surface area (Å²) < 4.78 is 0. The summed E-state index contributed by atoms with van der Waals surface area (Å²) in [5.74, 6) is 4.50. The van der Waals surface area contributed by atoms with Gasteiger partial charge in [0, 0.05) is 0 Å². The van der Waals surface area contributed by atoms with Crippen LogP contribution in [-0.4, -0.2) is 17.9 Å². The van der Waals surface area contributed by atoms with Crippen molar-refractivity contribution in [3.05, 3.63) is 0 Å². The van der Waals surface area contributed by atoms with E-state index in [-0.39, 0.29) is 6.61 Å². The maximum Gasteiger partial charge on any atom is 0.150 e. The lowest BCUT2D eigenvalue weighted by Gasteiger charge is -1.99. The molecule has 0 aromatic heterocycles. The molecular formula is C2H8N2O2. The van der Waals surface area contributed by atoms with Crippen LogP contribution in [0.25, 0.3) is 0 Å². The Bertz CT molecular complexity index is 28.7. The molecule has 4 nitrogen and oxygen atoms in total. The Labute approximate surface area is 35.6 Å². The highest BCUT2D eigenvalue weighted by atomic mass is 16.6. The van der Waals surface area contributed by atoms with Crippen molar-refractivity contribution in [2.45, 2.75) is 6.23 Å². The Morgan fingerprint density at radius 3 is 2.33 bits per heavy atom. The lowest BCUT2D eigenvalue weighted by molar-refractivity contribution is 0.0165. The number of rotatable bonds is 2. The average molecular weight is 92.1 g/mol. The van der Waals surface area contributed by atoms with Gasteiger partial charge in [-0.25, -0.2) is 5.90 Å². The van der Waals surface area contributed by atoms with Crippen LogP contribution in [0.4, 0.5) is 0 Å². The first-order valence-electron chi connectivity index (χ1n) is 1.53. The van der Waals surface area contributed by atoms with Gasteiger partial charge in [0.2, 0.25) is 0 Å². The Hall–Kier alpha value is -0.160. The molecule has 6 heavy (non-hydrogen) atoms. The molecular weight excluding hydrogens is 84.0 g/mol. The molecule has 0 aromatic rings. The van der Waals surface area contributed by atoms with Crippen LogP contribution in [0.2, 0.25) is 0 Å². The zero-order valence-corrected chi connectivity index (χ0v) is 3.29. The first-order chi connectivity index (χ1) is 2.81. The highest BCUT2D eigenvalue weighted by molar-refractivity contribution is 4.34. The second-order valence-electron chi connectivity index (χ2n) is 0.857. The van der Waals surface area contributed by atoms with E-state index in [9.17, 15) is 0 Å². The van der Waals surface area contributed by atoms with Crippen LogP contribution < -0.4 is 11.6 Å². The van der Waals surface area contributed by atoms with E-state index in [1.54, 1.807) is 0 Å². The van der Waals surface area contributed by atoms with Gasteiger partial charge in [-0.05, 0) is 0 Å². The van der Waals surface area contributed by atoms with Crippen LogP contribution in [0.1, 0.15) is 0 Å². The molecule has 0 bridgehead atoms. The van der Waals surface area contributed by atoms with E-state index in [4.69, 9.17) is 10.8 Å². The van der Waals surface area contributed by atoms with Gasteiger partial charge in [0.1, 0.15) is 6.23 Å². The van der Waals surface area contributed by atoms with Gasteiger partial charge < -0.3 is 10.8 Å². The summed E-state index contributed by atoms with van der Waals surface area (Å²) in [7, 11) is 0. The summed E-state index contributed by atoms with van der Waals surface area (Å²) in [5.41, 5.74) is 4.88. The first kappa shape index (κ1) is 5.84. The van der Waals surface area contributed by atoms with E-state index in [0.717, 1.165) is 0 Å². The molecule has 0 heterocycles. The van der Waals surface area contributed by atoms with Gasteiger partial charge in [-0.2, -0.15) is 0 Å². The van der Waals surface area contributed by atoms with Gasteiger partial charge in [0.05, 0.1) is 6.61 Å². The Morgan fingerprint density at radius 1 is 1.83 bits per heavy atom. The molecule has 38 valence electrons. The SMILES string of the molecule is NOC(N)CO. The van der Waals surface area contributed by atoms with Gasteiger partial charge >= 0.3 is 0 Å². The lowest BCUT2D eigenvalue weighted by atomic mass is 10.7. The maximum atomic E-state index is 8.00.